The first-order valence-corrected chi connectivity index (χ1v) is 4.70. The number of rotatable bonds is 0. The van der Waals surface area contributed by atoms with Crippen LogP contribution >= 0.6 is 0 Å². The normalized spacial score (nSPS) is 43.5. The van der Waals surface area contributed by atoms with E-state index < -0.39 is 0 Å². The third-order valence-electron chi connectivity index (χ3n) is 3.18. The Balaban J connectivity index is 2.21. The first kappa shape index (κ1) is 7.35. The summed E-state index contributed by atoms with van der Waals surface area (Å²) in [7, 11) is 0. The summed E-state index contributed by atoms with van der Waals surface area (Å²) in [6.45, 7) is 7.25. The van der Waals surface area contributed by atoms with Crippen LogP contribution < -0.4 is 0 Å². The third-order valence-corrected chi connectivity index (χ3v) is 3.18. The van der Waals surface area contributed by atoms with E-state index in [0.29, 0.717) is 6.04 Å². The molecule has 0 spiro atoms. The van der Waals surface area contributed by atoms with Gasteiger partial charge in [-0.05, 0) is 39.2 Å². The Morgan fingerprint density at radius 1 is 1.55 bits per heavy atom. The van der Waals surface area contributed by atoms with Crippen LogP contribution in [0.2, 0.25) is 0 Å². The quantitative estimate of drug-likeness (QED) is 0.479. The summed E-state index contributed by atoms with van der Waals surface area (Å²) < 4.78 is 0. The molecule has 1 saturated heterocycles. The average molecular weight is 151 g/mol. The Labute approximate surface area is 69.1 Å². The number of fused-ring (bicyclic) bond motifs is 2. The van der Waals surface area contributed by atoms with Gasteiger partial charge in [0.25, 0.3) is 0 Å². The van der Waals surface area contributed by atoms with E-state index in [1.54, 1.807) is 5.57 Å². The zero-order valence-electron chi connectivity index (χ0n) is 7.51. The van der Waals surface area contributed by atoms with Crippen LogP contribution in [0.3, 0.4) is 0 Å². The van der Waals surface area contributed by atoms with Gasteiger partial charge in [-0.1, -0.05) is 11.6 Å². The van der Waals surface area contributed by atoms with Crippen LogP contribution in [0.4, 0.5) is 0 Å². The first-order chi connectivity index (χ1) is 5.27. The Kier molecular flexibility index (Phi) is 1.76. The molecule has 0 aliphatic carbocycles. The second kappa shape index (κ2) is 2.63. The zero-order chi connectivity index (χ0) is 7.84. The van der Waals surface area contributed by atoms with Gasteiger partial charge in [0, 0.05) is 12.6 Å². The third kappa shape index (κ3) is 1.22. The average Bonchev–Trinajstić information content (AvgIpc) is 2.02. The lowest BCUT2D eigenvalue weighted by atomic mass is 9.86. The first-order valence-electron chi connectivity index (χ1n) is 4.70. The maximum absolute atomic E-state index is 2.60. The summed E-state index contributed by atoms with van der Waals surface area (Å²) in [5, 5.41) is 0. The molecule has 0 N–H and O–H groups in total. The van der Waals surface area contributed by atoms with E-state index in [1.165, 1.54) is 25.9 Å². The number of piperidine rings is 1. The molecule has 11 heavy (non-hydrogen) atoms. The predicted octanol–water partition coefficient (Wildman–Crippen LogP) is 2.05. The summed E-state index contributed by atoms with van der Waals surface area (Å²) in [6, 6.07) is 0.701. The van der Waals surface area contributed by atoms with Crippen molar-refractivity contribution in [2.75, 3.05) is 13.1 Å². The molecule has 2 rings (SSSR count). The molecule has 1 heteroatoms. The molecular weight excluding hydrogens is 134 g/mol. The molecule has 0 aromatic heterocycles. The second-order valence-electron chi connectivity index (χ2n) is 3.99. The fraction of sp³-hybridized carbons (Fsp3) is 0.800. The highest BCUT2D eigenvalue weighted by Crippen LogP contribution is 2.29. The molecule has 3 atom stereocenters. The van der Waals surface area contributed by atoms with Crippen molar-refractivity contribution in [3.63, 3.8) is 0 Å². The van der Waals surface area contributed by atoms with Gasteiger partial charge in [-0.15, -0.1) is 0 Å². The molecule has 1 nitrogen and oxygen atoms in total. The maximum Gasteiger partial charge on any atom is 0.0252 e. The number of nitrogens with zero attached hydrogens (tertiary/aromatic N) is 1. The van der Waals surface area contributed by atoms with Crippen molar-refractivity contribution < 1.29 is 0 Å². The van der Waals surface area contributed by atoms with Crippen molar-refractivity contribution in [1.82, 2.24) is 4.90 Å². The molecule has 62 valence electrons. The van der Waals surface area contributed by atoms with Crippen molar-refractivity contribution >= 4 is 0 Å². The molecule has 2 aliphatic heterocycles. The highest BCUT2D eigenvalue weighted by atomic mass is 15.2. The van der Waals surface area contributed by atoms with Crippen LogP contribution in [0, 0.1) is 5.92 Å². The molecule has 3 unspecified atom stereocenters. The Bertz CT molecular complexity index is 183. The molecule has 0 aromatic carbocycles. The largest absolute Gasteiger partial charge is 0.297 e. The SMILES string of the molecule is CC1=CC(C)N2CCCC1C2. The van der Waals surface area contributed by atoms with Crippen LogP contribution in [0.15, 0.2) is 11.6 Å². The molecular formula is C10H17N. The van der Waals surface area contributed by atoms with Gasteiger partial charge in [0.15, 0.2) is 0 Å². The van der Waals surface area contributed by atoms with Crippen molar-refractivity contribution in [2.45, 2.75) is 32.7 Å². The summed E-state index contributed by atoms with van der Waals surface area (Å²) in [4.78, 5) is 2.60. The summed E-state index contributed by atoms with van der Waals surface area (Å²) >= 11 is 0. The molecule has 1 fully saturated rings. The smallest absolute Gasteiger partial charge is 0.0252 e. The molecule has 2 heterocycles. The van der Waals surface area contributed by atoms with Crippen LogP contribution in [-0.2, 0) is 0 Å². The minimum atomic E-state index is 0.701. The van der Waals surface area contributed by atoms with Gasteiger partial charge < -0.3 is 0 Å². The standard InChI is InChI=1S/C10H17N/c1-8-6-9(2)11-5-3-4-10(8)7-11/h6,9-10H,3-5,7H2,1-2H3. The minimum Gasteiger partial charge on any atom is -0.297 e. The van der Waals surface area contributed by atoms with Crippen molar-refractivity contribution in [2.24, 2.45) is 5.92 Å². The molecule has 2 aliphatic rings. The summed E-state index contributed by atoms with van der Waals surface area (Å²) in [6.07, 6.45) is 5.26. The fourth-order valence-corrected chi connectivity index (χ4v) is 2.37. The molecule has 2 bridgehead atoms. The predicted molar refractivity (Wildman–Crippen MR) is 47.5 cm³/mol. The Hall–Kier alpha value is -0.300. The summed E-state index contributed by atoms with van der Waals surface area (Å²) in [5.74, 6) is 0.889. The van der Waals surface area contributed by atoms with E-state index >= 15 is 0 Å². The van der Waals surface area contributed by atoms with E-state index in [4.69, 9.17) is 0 Å². The zero-order valence-corrected chi connectivity index (χ0v) is 7.51. The summed E-state index contributed by atoms with van der Waals surface area (Å²) in [5.41, 5.74) is 1.63. The minimum absolute atomic E-state index is 0.701. The van der Waals surface area contributed by atoms with E-state index in [0.717, 1.165) is 5.92 Å². The Morgan fingerprint density at radius 2 is 2.36 bits per heavy atom. The van der Waals surface area contributed by atoms with E-state index in [1.807, 2.05) is 0 Å². The fourth-order valence-electron chi connectivity index (χ4n) is 2.37. The van der Waals surface area contributed by atoms with E-state index in [9.17, 15) is 0 Å². The van der Waals surface area contributed by atoms with Crippen molar-refractivity contribution in [3.8, 4) is 0 Å². The second-order valence-corrected chi connectivity index (χ2v) is 3.99. The molecule has 0 aromatic rings. The lowest BCUT2D eigenvalue weighted by Crippen LogP contribution is -2.44. The van der Waals surface area contributed by atoms with Crippen LogP contribution in [0.1, 0.15) is 26.7 Å². The van der Waals surface area contributed by atoms with Crippen molar-refractivity contribution in [3.05, 3.63) is 11.6 Å². The van der Waals surface area contributed by atoms with Crippen LogP contribution in [0.25, 0.3) is 0 Å². The van der Waals surface area contributed by atoms with Crippen LogP contribution in [-0.4, -0.2) is 24.0 Å². The highest BCUT2D eigenvalue weighted by Gasteiger charge is 2.27. The van der Waals surface area contributed by atoms with Gasteiger partial charge in [0.1, 0.15) is 0 Å². The van der Waals surface area contributed by atoms with Crippen LogP contribution in [0.5, 0.6) is 0 Å². The van der Waals surface area contributed by atoms with E-state index in [2.05, 4.69) is 24.8 Å². The molecule has 0 amide bonds. The number of hydrogen-bond donors (Lipinski definition) is 0. The topological polar surface area (TPSA) is 3.24 Å². The lowest BCUT2D eigenvalue weighted by molar-refractivity contribution is 0.151. The maximum atomic E-state index is 2.60. The van der Waals surface area contributed by atoms with Crippen molar-refractivity contribution in [1.29, 1.82) is 0 Å². The monoisotopic (exact) mass is 151 g/mol. The molecule has 0 radical (unpaired) electrons. The lowest BCUT2D eigenvalue weighted by Gasteiger charge is -2.40. The number of hydrogen-bond acceptors (Lipinski definition) is 1. The van der Waals surface area contributed by atoms with E-state index in [-0.39, 0.29) is 0 Å². The van der Waals surface area contributed by atoms with Gasteiger partial charge in [-0.25, -0.2) is 0 Å². The van der Waals surface area contributed by atoms with Gasteiger partial charge in [-0.2, -0.15) is 0 Å². The van der Waals surface area contributed by atoms with Gasteiger partial charge in [0.2, 0.25) is 0 Å². The molecule has 0 saturated carbocycles. The van der Waals surface area contributed by atoms with Gasteiger partial charge >= 0.3 is 0 Å². The van der Waals surface area contributed by atoms with Gasteiger partial charge in [0.05, 0.1) is 0 Å². The Morgan fingerprint density at radius 3 is 3.18 bits per heavy atom. The highest BCUT2D eigenvalue weighted by molar-refractivity contribution is 5.13. The van der Waals surface area contributed by atoms with Gasteiger partial charge in [-0.3, -0.25) is 4.90 Å².